The molecule has 4 unspecified atom stereocenters. The number of imide groups is 1. The van der Waals surface area contributed by atoms with E-state index in [0.29, 0.717) is 19.4 Å². The lowest BCUT2D eigenvalue weighted by atomic mass is 9.85. The molecule has 0 spiro atoms. The predicted molar refractivity (Wildman–Crippen MR) is 118 cm³/mol. The first kappa shape index (κ1) is 22.2. The molecular formula is C26H35NO4. The number of amides is 2. The predicted octanol–water partition coefficient (Wildman–Crippen LogP) is 4.26. The van der Waals surface area contributed by atoms with Crippen LogP contribution in [0.15, 0.2) is 24.3 Å². The normalized spacial score (nSPS) is 34.2. The molecular weight excluding hydrogens is 390 g/mol. The Kier molecular flexibility index (Phi) is 6.88. The molecule has 5 heteroatoms. The van der Waals surface area contributed by atoms with Crippen molar-refractivity contribution in [3.63, 3.8) is 0 Å². The third-order valence-corrected chi connectivity index (χ3v) is 7.80. The van der Waals surface area contributed by atoms with E-state index < -0.39 is 5.92 Å². The minimum atomic E-state index is -0.426. The lowest BCUT2D eigenvalue weighted by molar-refractivity contribution is -0.141. The Balaban J connectivity index is 1.14. The molecule has 1 saturated heterocycles. The van der Waals surface area contributed by atoms with Crippen LogP contribution in [0.5, 0.6) is 0 Å². The third kappa shape index (κ3) is 4.33. The van der Waals surface area contributed by atoms with Crippen molar-refractivity contribution in [1.82, 2.24) is 4.90 Å². The average molecular weight is 426 g/mol. The van der Waals surface area contributed by atoms with E-state index in [9.17, 15) is 19.2 Å². The van der Waals surface area contributed by atoms with E-state index in [0.717, 1.165) is 51.4 Å². The molecule has 4 rings (SSSR count). The van der Waals surface area contributed by atoms with Gasteiger partial charge in [-0.05, 0) is 37.5 Å². The van der Waals surface area contributed by atoms with Gasteiger partial charge in [-0.1, -0.05) is 63.3 Å². The van der Waals surface area contributed by atoms with Crippen molar-refractivity contribution in [2.24, 2.45) is 35.5 Å². The Morgan fingerprint density at radius 2 is 1.61 bits per heavy atom. The molecule has 31 heavy (non-hydrogen) atoms. The summed E-state index contributed by atoms with van der Waals surface area (Å²) in [5.74, 6) is -0.0584. The van der Waals surface area contributed by atoms with Gasteiger partial charge in [-0.2, -0.15) is 0 Å². The highest BCUT2D eigenvalue weighted by molar-refractivity contribution is 6.10. The first-order valence-corrected chi connectivity index (χ1v) is 12.3. The Bertz CT molecular complexity index is 767. The average Bonchev–Trinajstić information content (AvgIpc) is 3.49. The van der Waals surface area contributed by atoms with Crippen molar-refractivity contribution in [2.75, 3.05) is 6.54 Å². The van der Waals surface area contributed by atoms with Gasteiger partial charge in [-0.15, -0.1) is 0 Å². The van der Waals surface area contributed by atoms with E-state index in [1.807, 2.05) is 6.08 Å². The van der Waals surface area contributed by atoms with E-state index in [-0.39, 0.29) is 53.0 Å². The lowest BCUT2D eigenvalue weighted by Crippen LogP contribution is -2.33. The molecule has 3 fully saturated rings. The van der Waals surface area contributed by atoms with Gasteiger partial charge in [0.25, 0.3) is 0 Å². The number of carbonyl (C=O) groups is 4. The fourth-order valence-corrected chi connectivity index (χ4v) is 6.08. The van der Waals surface area contributed by atoms with Gasteiger partial charge in [0.2, 0.25) is 11.8 Å². The lowest BCUT2D eigenvalue weighted by Gasteiger charge is -2.17. The zero-order valence-corrected chi connectivity index (χ0v) is 18.6. The fourth-order valence-electron chi connectivity index (χ4n) is 6.08. The van der Waals surface area contributed by atoms with Gasteiger partial charge < -0.3 is 0 Å². The summed E-state index contributed by atoms with van der Waals surface area (Å²) in [6.45, 7) is 2.65. The first-order chi connectivity index (χ1) is 15.0. The van der Waals surface area contributed by atoms with Crippen LogP contribution < -0.4 is 0 Å². The summed E-state index contributed by atoms with van der Waals surface area (Å²) in [6, 6.07) is 0. The maximum atomic E-state index is 12.7. The van der Waals surface area contributed by atoms with Gasteiger partial charge in [0.05, 0.1) is 17.8 Å². The summed E-state index contributed by atoms with van der Waals surface area (Å²) in [7, 11) is 0. The van der Waals surface area contributed by atoms with Gasteiger partial charge >= 0.3 is 0 Å². The standard InChI is InChI=1S/C26H35NO4/c1-2-3-4-7-10-19-16-21(28)20(24(19)29)11-8-5-6-9-14-27-25(30)22-17-12-13-18(15-17)23(22)26(27)31/h7,10,12-13,17-20,22-23H,2-6,8-9,11,14-16H2,1H3/b10-7+/t17?,18?,19?,20?,22-,23+. The van der Waals surface area contributed by atoms with E-state index >= 15 is 0 Å². The number of likely N-dealkylation sites (tertiary alicyclic amines) is 1. The van der Waals surface area contributed by atoms with Crippen LogP contribution in [0.2, 0.25) is 0 Å². The Hall–Kier alpha value is -2.04. The van der Waals surface area contributed by atoms with Crippen molar-refractivity contribution in [1.29, 1.82) is 0 Å². The highest BCUT2D eigenvalue weighted by Gasteiger charge is 2.58. The molecule has 6 atom stereocenters. The van der Waals surface area contributed by atoms with Gasteiger partial charge in [-0.3, -0.25) is 24.1 Å². The summed E-state index contributed by atoms with van der Waals surface area (Å²) in [5, 5.41) is 0. The van der Waals surface area contributed by atoms with Gasteiger partial charge in [0.15, 0.2) is 5.78 Å². The highest BCUT2D eigenvalue weighted by Crippen LogP contribution is 2.52. The quantitative estimate of drug-likeness (QED) is 0.215. The van der Waals surface area contributed by atoms with Crippen molar-refractivity contribution in [2.45, 2.75) is 71.1 Å². The smallest absolute Gasteiger partial charge is 0.233 e. The summed E-state index contributed by atoms with van der Waals surface area (Å²) >= 11 is 0. The maximum absolute atomic E-state index is 12.7. The van der Waals surface area contributed by atoms with E-state index in [2.05, 4.69) is 25.2 Å². The molecule has 0 N–H and O–H groups in total. The van der Waals surface area contributed by atoms with Gasteiger partial charge in [0, 0.05) is 18.9 Å². The zero-order valence-electron chi connectivity index (χ0n) is 18.6. The van der Waals surface area contributed by atoms with E-state index in [4.69, 9.17) is 0 Å². The summed E-state index contributed by atoms with van der Waals surface area (Å²) in [5.41, 5.74) is 0. The van der Waals surface area contributed by atoms with Crippen molar-refractivity contribution >= 4 is 23.4 Å². The summed E-state index contributed by atoms with van der Waals surface area (Å²) in [6.07, 6.45) is 16.9. The fraction of sp³-hybridized carbons (Fsp3) is 0.692. The minimum absolute atomic E-state index is 0.0343. The number of fused-ring (bicyclic) bond motifs is 5. The summed E-state index contributed by atoms with van der Waals surface area (Å²) < 4.78 is 0. The van der Waals surface area contributed by atoms with Crippen molar-refractivity contribution in [3.8, 4) is 0 Å². The number of Topliss-reactive ketones (excluding diaryl/α,β-unsaturated/α-hetero) is 2. The maximum Gasteiger partial charge on any atom is 0.233 e. The highest BCUT2D eigenvalue weighted by atomic mass is 16.2. The van der Waals surface area contributed by atoms with Crippen LogP contribution in [-0.4, -0.2) is 34.8 Å². The van der Waals surface area contributed by atoms with Crippen molar-refractivity contribution in [3.05, 3.63) is 24.3 Å². The zero-order chi connectivity index (χ0) is 22.0. The molecule has 2 amide bonds. The number of nitrogens with zero attached hydrogens (tertiary/aromatic N) is 1. The molecule has 1 aliphatic heterocycles. The Morgan fingerprint density at radius 1 is 0.935 bits per heavy atom. The second-order valence-electron chi connectivity index (χ2n) is 9.83. The molecule has 3 aliphatic carbocycles. The molecule has 168 valence electrons. The number of ketones is 2. The molecule has 2 saturated carbocycles. The Labute approximate surface area is 185 Å². The molecule has 4 aliphatic rings. The monoisotopic (exact) mass is 425 g/mol. The topological polar surface area (TPSA) is 71.5 Å². The second kappa shape index (κ2) is 9.62. The van der Waals surface area contributed by atoms with E-state index in [1.165, 1.54) is 4.90 Å². The van der Waals surface area contributed by atoms with Gasteiger partial charge in [0.1, 0.15) is 5.78 Å². The van der Waals surface area contributed by atoms with Gasteiger partial charge in [-0.25, -0.2) is 0 Å². The van der Waals surface area contributed by atoms with Crippen LogP contribution in [-0.2, 0) is 19.2 Å². The van der Waals surface area contributed by atoms with Crippen LogP contribution >= 0.6 is 0 Å². The van der Waals surface area contributed by atoms with Crippen LogP contribution in [0.3, 0.4) is 0 Å². The van der Waals surface area contributed by atoms with Crippen LogP contribution in [0.4, 0.5) is 0 Å². The molecule has 0 aromatic rings. The van der Waals surface area contributed by atoms with E-state index in [1.54, 1.807) is 0 Å². The van der Waals surface area contributed by atoms with Crippen LogP contribution in [0.25, 0.3) is 0 Å². The summed E-state index contributed by atoms with van der Waals surface area (Å²) in [4.78, 5) is 51.7. The SMILES string of the molecule is CCCC/C=C/C1CC(=O)C(CCCCCCN2C(=O)[C@@H]3C4C=CC(C4)[C@@H]3C2=O)C1=O. The number of hydrogen-bond donors (Lipinski definition) is 0. The minimum Gasteiger partial charge on any atom is -0.299 e. The Morgan fingerprint density at radius 3 is 2.29 bits per heavy atom. The molecule has 0 aromatic heterocycles. The molecule has 2 bridgehead atoms. The van der Waals surface area contributed by atoms with Crippen LogP contribution in [0.1, 0.15) is 71.1 Å². The number of carbonyl (C=O) groups excluding carboxylic acids is 4. The molecule has 0 aromatic carbocycles. The van der Waals surface area contributed by atoms with Crippen LogP contribution in [0, 0.1) is 35.5 Å². The largest absolute Gasteiger partial charge is 0.299 e. The van der Waals surface area contributed by atoms with Crippen molar-refractivity contribution < 1.29 is 19.2 Å². The molecule has 1 heterocycles. The second-order valence-corrected chi connectivity index (χ2v) is 9.83. The third-order valence-electron chi connectivity index (χ3n) is 7.80. The number of allylic oxidation sites excluding steroid dienone is 4. The first-order valence-electron chi connectivity index (χ1n) is 12.3. The molecule has 5 nitrogen and oxygen atoms in total. The number of rotatable bonds is 11. The molecule has 0 radical (unpaired) electrons. The number of unbranched alkanes of at least 4 members (excludes halogenated alkanes) is 5. The number of hydrogen-bond acceptors (Lipinski definition) is 4.